The lowest BCUT2D eigenvalue weighted by atomic mass is 10.8. The first kappa shape index (κ1) is 10.0. The van der Waals surface area contributed by atoms with Gasteiger partial charge in [-0.2, -0.15) is 0 Å². The predicted octanol–water partition coefficient (Wildman–Crippen LogP) is 1.48. The van der Waals surface area contributed by atoms with Gasteiger partial charge in [0, 0.05) is 15.3 Å². The van der Waals surface area contributed by atoms with Crippen LogP contribution in [0.25, 0.3) is 0 Å². The van der Waals surface area contributed by atoms with Crippen LogP contribution in [0.1, 0.15) is 6.92 Å². The van der Waals surface area contributed by atoms with Crippen molar-refractivity contribution in [2.45, 2.75) is 20.0 Å². The lowest BCUT2D eigenvalue weighted by molar-refractivity contribution is 0.261. The summed E-state index contributed by atoms with van der Waals surface area (Å²) >= 11 is 1.42. The molecule has 0 aromatic rings. The SMILES string of the molecule is CCNC(=O)SC[SiH](C)C. The molecule has 0 unspecified atom stereocenters. The van der Waals surface area contributed by atoms with Crippen LogP contribution < -0.4 is 5.32 Å². The van der Waals surface area contributed by atoms with E-state index in [4.69, 9.17) is 0 Å². The number of carbonyl (C=O) groups excluding carboxylic acids is 1. The molecule has 0 spiro atoms. The molecule has 0 radical (unpaired) electrons. The summed E-state index contributed by atoms with van der Waals surface area (Å²) in [5.41, 5.74) is 0. The van der Waals surface area contributed by atoms with E-state index in [1.165, 1.54) is 11.8 Å². The van der Waals surface area contributed by atoms with Crippen molar-refractivity contribution in [1.82, 2.24) is 5.32 Å². The Kier molecular flexibility index (Phi) is 5.82. The quantitative estimate of drug-likeness (QED) is 0.662. The molecule has 0 aliphatic carbocycles. The molecule has 1 N–H and O–H groups in total. The average molecular weight is 177 g/mol. The van der Waals surface area contributed by atoms with Gasteiger partial charge in [0.05, 0.1) is 0 Å². The maximum atomic E-state index is 10.8. The van der Waals surface area contributed by atoms with Gasteiger partial charge in [0.15, 0.2) is 0 Å². The Morgan fingerprint density at radius 1 is 1.60 bits per heavy atom. The van der Waals surface area contributed by atoms with Gasteiger partial charge in [-0.25, -0.2) is 0 Å². The highest BCUT2D eigenvalue weighted by atomic mass is 32.2. The van der Waals surface area contributed by atoms with Crippen molar-refractivity contribution in [1.29, 1.82) is 0 Å². The maximum absolute atomic E-state index is 10.8. The third kappa shape index (κ3) is 6.16. The zero-order valence-electron chi connectivity index (χ0n) is 6.81. The molecule has 0 aromatic carbocycles. The highest BCUT2D eigenvalue weighted by Gasteiger charge is 2.01. The highest BCUT2D eigenvalue weighted by molar-refractivity contribution is 8.14. The summed E-state index contributed by atoms with van der Waals surface area (Å²) in [4.78, 5) is 10.8. The number of hydrogen-bond donors (Lipinski definition) is 1. The van der Waals surface area contributed by atoms with Crippen molar-refractivity contribution in [2.75, 3.05) is 11.9 Å². The normalized spacial score (nSPS) is 10.0. The van der Waals surface area contributed by atoms with E-state index in [9.17, 15) is 4.79 Å². The summed E-state index contributed by atoms with van der Waals surface area (Å²) in [6.07, 6.45) is 0. The second kappa shape index (κ2) is 5.79. The Labute approximate surface area is 68.4 Å². The zero-order chi connectivity index (χ0) is 7.98. The molecule has 10 heavy (non-hydrogen) atoms. The zero-order valence-corrected chi connectivity index (χ0v) is 8.78. The van der Waals surface area contributed by atoms with E-state index in [2.05, 4.69) is 18.4 Å². The van der Waals surface area contributed by atoms with E-state index in [0.717, 1.165) is 11.9 Å². The Morgan fingerprint density at radius 3 is 2.60 bits per heavy atom. The van der Waals surface area contributed by atoms with Crippen molar-refractivity contribution < 1.29 is 4.79 Å². The minimum Gasteiger partial charge on any atom is -0.347 e. The van der Waals surface area contributed by atoms with E-state index >= 15 is 0 Å². The Balaban J connectivity index is 3.22. The smallest absolute Gasteiger partial charge is 0.278 e. The van der Waals surface area contributed by atoms with Gasteiger partial charge in [-0.15, -0.1) is 0 Å². The van der Waals surface area contributed by atoms with Crippen molar-refractivity contribution in [3.63, 3.8) is 0 Å². The number of nitrogens with one attached hydrogen (secondary N) is 1. The van der Waals surface area contributed by atoms with Gasteiger partial charge in [-0.1, -0.05) is 24.9 Å². The Hall–Kier alpha value is 0.0369. The average Bonchev–Trinajstić information content (AvgIpc) is 1.85. The standard InChI is InChI=1S/C6H15NOSSi/c1-4-7-6(8)9-5-10(2)3/h10H,4-5H2,1-3H3,(H,7,8). The minimum atomic E-state index is -0.550. The molecular weight excluding hydrogens is 162 g/mol. The van der Waals surface area contributed by atoms with Crippen LogP contribution in [0.4, 0.5) is 4.79 Å². The summed E-state index contributed by atoms with van der Waals surface area (Å²) in [6.45, 7) is 7.16. The topological polar surface area (TPSA) is 29.1 Å². The molecule has 0 heterocycles. The molecule has 0 rings (SSSR count). The Morgan fingerprint density at radius 2 is 2.20 bits per heavy atom. The molecule has 0 atom stereocenters. The van der Waals surface area contributed by atoms with Gasteiger partial charge >= 0.3 is 0 Å². The fraction of sp³-hybridized carbons (Fsp3) is 0.833. The summed E-state index contributed by atoms with van der Waals surface area (Å²) < 4.78 is 0. The van der Waals surface area contributed by atoms with Crippen molar-refractivity contribution >= 4 is 25.8 Å². The second-order valence-electron chi connectivity index (χ2n) is 2.52. The second-order valence-corrected chi connectivity index (χ2v) is 7.30. The lowest BCUT2D eigenvalue weighted by Crippen LogP contribution is -2.19. The maximum Gasteiger partial charge on any atom is 0.278 e. The first-order valence-corrected chi connectivity index (χ1v) is 7.68. The molecule has 0 aliphatic heterocycles. The summed E-state index contributed by atoms with van der Waals surface area (Å²) in [6, 6.07) is 0. The van der Waals surface area contributed by atoms with Crippen LogP contribution >= 0.6 is 11.8 Å². The van der Waals surface area contributed by atoms with Crippen molar-refractivity contribution in [3.05, 3.63) is 0 Å². The van der Waals surface area contributed by atoms with Gasteiger partial charge in [-0.05, 0) is 12.3 Å². The molecule has 0 saturated heterocycles. The molecule has 2 nitrogen and oxygen atoms in total. The van der Waals surface area contributed by atoms with Crippen LogP contribution in [0.15, 0.2) is 0 Å². The van der Waals surface area contributed by atoms with Crippen LogP contribution in [0.5, 0.6) is 0 Å². The molecule has 4 heteroatoms. The Bertz CT molecular complexity index is 108. The summed E-state index contributed by atoms with van der Waals surface area (Å²) in [5, 5.41) is 3.92. The van der Waals surface area contributed by atoms with Crippen LogP contribution in [-0.2, 0) is 0 Å². The van der Waals surface area contributed by atoms with Crippen molar-refractivity contribution in [2.24, 2.45) is 0 Å². The van der Waals surface area contributed by atoms with E-state index in [0.29, 0.717) is 0 Å². The molecule has 0 aliphatic rings. The minimum absolute atomic E-state index is 0.128. The number of rotatable bonds is 3. The van der Waals surface area contributed by atoms with Crippen LogP contribution in [0.2, 0.25) is 13.1 Å². The third-order valence-corrected chi connectivity index (χ3v) is 4.61. The van der Waals surface area contributed by atoms with Gasteiger partial charge in [-0.3, -0.25) is 4.79 Å². The van der Waals surface area contributed by atoms with Gasteiger partial charge in [0.1, 0.15) is 0 Å². The molecule has 1 amide bonds. The largest absolute Gasteiger partial charge is 0.347 e. The van der Waals surface area contributed by atoms with Crippen LogP contribution in [0.3, 0.4) is 0 Å². The molecule has 0 aromatic heterocycles. The summed E-state index contributed by atoms with van der Waals surface area (Å²) in [7, 11) is -0.550. The van der Waals surface area contributed by atoms with Gasteiger partial charge in [0.2, 0.25) is 0 Å². The van der Waals surface area contributed by atoms with E-state index in [-0.39, 0.29) is 5.24 Å². The molecule has 0 saturated carbocycles. The fourth-order valence-electron chi connectivity index (χ4n) is 0.438. The van der Waals surface area contributed by atoms with E-state index in [1.807, 2.05) is 6.92 Å². The molecular formula is C6H15NOSSi. The van der Waals surface area contributed by atoms with Crippen molar-refractivity contribution in [3.8, 4) is 0 Å². The van der Waals surface area contributed by atoms with Crippen LogP contribution in [0, 0.1) is 0 Å². The molecule has 0 fully saturated rings. The third-order valence-electron chi connectivity index (χ3n) is 0.869. The van der Waals surface area contributed by atoms with Crippen LogP contribution in [-0.4, -0.2) is 26.0 Å². The lowest BCUT2D eigenvalue weighted by Gasteiger charge is -2.01. The molecule has 0 bridgehead atoms. The number of amides is 1. The van der Waals surface area contributed by atoms with Gasteiger partial charge < -0.3 is 5.32 Å². The summed E-state index contributed by atoms with van der Waals surface area (Å²) in [5.74, 6) is 0. The number of hydrogen-bond acceptors (Lipinski definition) is 2. The van der Waals surface area contributed by atoms with E-state index < -0.39 is 8.80 Å². The first-order valence-electron chi connectivity index (χ1n) is 3.57. The first-order chi connectivity index (χ1) is 4.66. The molecule has 60 valence electrons. The monoisotopic (exact) mass is 177 g/mol. The number of thioether (sulfide) groups is 1. The van der Waals surface area contributed by atoms with E-state index in [1.54, 1.807) is 0 Å². The van der Waals surface area contributed by atoms with Gasteiger partial charge in [0.25, 0.3) is 5.24 Å². The number of carbonyl (C=O) groups is 1. The predicted molar refractivity (Wildman–Crippen MR) is 50.4 cm³/mol. The fourth-order valence-corrected chi connectivity index (χ4v) is 2.62. The highest BCUT2D eigenvalue weighted by Crippen LogP contribution is 2.02.